The first kappa shape index (κ1) is 9.47. The third-order valence-corrected chi connectivity index (χ3v) is 2.72. The van der Waals surface area contributed by atoms with Gasteiger partial charge in [-0.1, -0.05) is 29.8 Å². The van der Waals surface area contributed by atoms with E-state index in [0.717, 1.165) is 29.1 Å². The van der Waals surface area contributed by atoms with Gasteiger partial charge in [-0.15, -0.1) is 0 Å². The van der Waals surface area contributed by atoms with Crippen molar-refractivity contribution in [3.63, 3.8) is 0 Å². The van der Waals surface area contributed by atoms with Crippen LogP contribution in [0.4, 0.5) is 0 Å². The molecule has 0 aliphatic heterocycles. The lowest BCUT2D eigenvalue weighted by Gasteiger charge is -2.12. The van der Waals surface area contributed by atoms with Crippen LogP contribution in [-0.2, 0) is 0 Å². The summed E-state index contributed by atoms with van der Waals surface area (Å²) in [6.45, 7) is 2.06. The van der Waals surface area contributed by atoms with Crippen molar-refractivity contribution < 1.29 is 0 Å². The summed E-state index contributed by atoms with van der Waals surface area (Å²) >= 11 is 6.14. The molecule has 2 rings (SSSR count). The average molecular weight is 206 g/mol. The Labute approximate surface area is 89.1 Å². The van der Waals surface area contributed by atoms with Crippen LogP contribution in [0.1, 0.15) is 24.1 Å². The number of nitrogens with zero attached hydrogens (tertiary/aromatic N) is 1. The molecule has 1 aliphatic carbocycles. The van der Waals surface area contributed by atoms with Gasteiger partial charge < -0.3 is 0 Å². The minimum absolute atomic E-state index is 0.832. The van der Waals surface area contributed by atoms with Gasteiger partial charge in [-0.3, -0.25) is 4.98 Å². The number of allylic oxidation sites excluding steroid dienone is 4. The van der Waals surface area contributed by atoms with Gasteiger partial charge in [0.05, 0.1) is 5.69 Å². The highest BCUT2D eigenvalue weighted by atomic mass is 35.5. The predicted octanol–water partition coefficient (Wildman–Crippen LogP) is 3.69. The average Bonchev–Trinajstić information content (AvgIpc) is 2.20. The minimum Gasteiger partial charge on any atom is -0.256 e. The Hall–Kier alpha value is -1.08. The highest BCUT2D eigenvalue weighted by Gasteiger charge is 2.11. The van der Waals surface area contributed by atoms with Crippen LogP contribution in [0.3, 0.4) is 0 Å². The van der Waals surface area contributed by atoms with Crippen molar-refractivity contribution in [1.29, 1.82) is 0 Å². The second-order valence-electron chi connectivity index (χ2n) is 3.42. The zero-order chi connectivity index (χ0) is 9.97. The lowest BCUT2D eigenvalue weighted by Crippen LogP contribution is -1.96. The molecular formula is C12H12ClN. The molecule has 0 amide bonds. The number of hydrogen-bond donors (Lipinski definition) is 0. The summed E-state index contributed by atoms with van der Waals surface area (Å²) < 4.78 is 0. The van der Waals surface area contributed by atoms with Crippen molar-refractivity contribution in [2.45, 2.75) is 19.8 Å². The molecule has 0 atom stereocenters. The lowest BCUT2D eigenvalue weighted by molar-refractivity contribution is 1.03. The summed E-state index contributed by atoms with van der Waals surface area (Å²) in [6, 6.07) is 4.00. The number of hydrogen-bond acceptors (Lipinski definition) is 1. The van der Waals surface area contributed by atoms with E-state index in [1.54, 1.807) is 0 Å². The molecule has 0 aromatic carbocycles. The Morgan fingerprint density at radius 3 is 2.79 bits per heavy atom. The second kappa shape index (κ2) is 3.97. The van der Waals surface area contributed by atoms with Gasteiger partial charge in [-0.25, -0.2) is 0 Å². The van der Waals surface area contributed by atoms with Crippen molar-refractivity contribution in [3.8, 4) is 0 Å². The smallest absolute Gasteiger partial charge is 0.0742 e. The molecule has 0 unspecified atom stereocenters. The molecule has 1 aliphatic rings. The molecule has 1 nitrogen and oxygen atoms in total. The van der Waals surface area contributed by atoms with Crippen LogP contribution in [0, 0.1) is 6.92 Å². The van der Waals surface area contributed by atoms with Crippen molar-refractivity contribution in [3.05, 3.63) is 46.8 Å². The third kappa shape index (κ3) is 1.73. The van der Waals surface area contributed by atoms with Crippen molar-refractivity contribution in [2.75, 3.05) is 0 Å². The maximum atomic E-state index is 6.14. The highest BCUT2D eigenvalue weighted by Crippen LogP contribution is 2.30. The third-order valence-electron chi connectivity index (χ3n) is 2.36. The first-order chi connectivity index (χ1) is 6.79. The number of rotatable bonds is 1. The SMILES string of the molecule is Cc1cccnc1C1=CCCC=C1Cl. The summed E-state index contributed by atoms with van der Waals surface area (Å²) in [4.78, 5) is 4.36. The first-order valence-corrected chi connectivity index (χ1v) is 5.15. The molecule has 0 fully saturated rings. The summed E-state index contributed by atoms with van der Waals surface area (Å²) in [6.07, 6.45) is 8.13. The van der Waals surface area contributed by atoms with Crippen LogP contribution in [0.15, 0.2) is 35.5 Å². The van der Waals surface area contributed by atoms with Gasteiger partial charge in [-0.2, -0.15) is 0 Å². The Morgan fingerprint density at radius 2 is 2.07 bits per heavy atom. The number of aryl methyl sites for hydroxylation is 1. The molecule has 2 heteroatoms. The van der Waals surface area contributed by atoms with E-state index in [2.05, 4.69) is 30.1 Å². The Kier molecular flexibility index (Phi) is 2.69. The molecular weight excluding hydrogens is 194 g/mol. The fourth-order valence-electron chi connectivity index (χ4n) is 1.62. The van der Waals surface area contributed by atoms with E-state index in [1.807, 2.05) is 12.3 Å². The summed E-state index contributed by atoms with van der Waals surface area (Å²) in [5.41, 5.74) is 3.26. The Balaban J connectivity index is 2.45. The molecule has 1 aromatic rings. The lowest BCUT2D eigenvalue weighted by atomic mass is 10.0. The summed E-state index contributed by atoms with van der Waals surface area (Å²) in [5, 5.41) is 0.832. The van der Waals surface area contributed by atoms with Gasteiger partial charge in [0, 0.05) is 16.8 Å². The van der Waals surface area contributed by atoms with Gasteiger partial charge in [-0.05, 0) is 31.4 Å². The molecule has 0 radical (unpaired) electrons. The largest absolute Gasteiger partial charge is 0.256 e. The molecule has 0 bridgehead atoms. The fourth-order valence-corrected chi connectivity index (χ4v) is 1.90. The quantitative estimate of drug-likeness (QED) is 0.682. The topological polar surface area (TPSA) is 12.9 Å². The van der Waals surface area contributed by atoms with E-state index < -0.39 is 0 Å². The van der Waals surface area contributed by atoms with Gasteiger partial charge in [0.15, 0.2) is 0 Å². The zero-order valence-electron chi connectivity index (χ0n) is 8.13. The van der Waals surface area contributed by atoms with Crippen LogP contribution < -0.4 is 0 Å². The number of pyridine rings is 1. The number of halogens is 1. The van der Waals surface area contributed by atoms with Crippen LogP contribution in [0.5, 0.6) is 0 Å². The van der Waals surface area contributed by atoms with Crippen molar-refractivity contribution in [1.82, 2.24) is 4.98 Å². The number of aromatic nitrogens is 1. The van der Waals surface area contributed by atoms with Crippen LogP contribution >= 0.6 is 11.6 Å². The standard InChI is InChI=1S/C12H12ClN/c1-9-5-4-8-14-12(9)10-6-2-3-7-11(10)13/h4-8H,2-3H2,1H3. The van der Waals surface area contributed by atoms with Crippen molar-refractivity contribution in [2.24, 2.45) is 0 Å². The molecule has 0 saturated carbocycles. The summed E-state index contributed by atoms with van der Waals surface area (Å²) in [5.74, 6) is 0. The van der Waals surface area contributed by atoms with Crippen LogP contribution in [0.2, 0.25) is 0 Å². The monoisotopic (exact) mass is 205 g/mol. The van der Waals surface area contributed by atoms with E-state index >= 15 is 0 Å². The molecule has 14 heavy (non-hydrogen) atoms. The van der Waals surface area contributed by atoms with E-state index in [1.165, 1.54) is 5.56 Å². The van der Waals surface area contributed by atoms with Gasteiger partial charge in [0.25, 0.3) is 0 Å². The van der Waals surface area contributed by atoms with Crippen molar-refractivity contribution >= 4 is 17.2 Å². The molecule has 0 saturated heterocycles. The first-order valence-electron chi connectivity index (χ1n) is 4.77. The predicted molar refractivity (Wildman–Crippen MR) is 60.1 cm³/mol. The van der Waals surface area contributed by atoms with Crippen LogP contribution in [-0.4, -0.2) is 4.98 Å². The summed E-state index contributed by atoms with van der Waals surface area (Å²) in [7, 11) is 0. The minimum atomic E-state index is 0.832. The van der Waals surface area contributed by atoms with E-state index in [-0.39, 0.29) is 0 Å². The van der Waals surface area contributed by atoms with Gasteiger partial charge >= 0.3 is 0 Å². The molecule has 0 spiro atoms. The van der Waals surface area contributed by atoms with Gasteiger partial charge in [0.1, 0.15) is 0 Å². The zero-order valence-corrected chi connectivity index (χ0v) is 8.88. The maximum Gasteiger partial charge on any atom is 0.0742 e. The van der Waals surface area contributed by atoms with E-state index in [9.17, 15) is 0 Å². The second-order valence-corrected chi connectivity index (χ2v) is 3.82. The molecule has 72 valence electrons. The molecule has 1 aromatic heterocycles. The van der Waals surface area contributed by atoms with E-state index in [0.29, 0.717) is 0 Å². The van der Waals surface area contributed by atoms with E-state index in [4.69, 9.17) is 11.6 Å². The Morgan fingerprint density at radius 1 is 1.29 bits per heavy atom. The highest BCUT2D eigenvalue weighted by molar-refractivity contribution is 6.37. The Bertz CT molecular complexity index is 405. The van der Waals surface area contributed by atoms with Crippen LogP contribution in [0.25, 0.3) is 5.57 Å². The molecule has 0 N–H and O–H groups in total. The normalized spacial score (nSPS) is 16.1. The fraction of sp³-hybridized carbons (Fsp3) is 0.250. The maximum absolute atomic E-state index is 6.14. The molecule has 1 heterocycles. The van der Waals surface area contributed by atoms with Gasteiger partial charge in [0.2, 0.25) is 0 Å².